The summed E-state index contributed by atoms with van der Waals surface area (Å²) < 4.78 is 5.53. The summed E-state index contributed by atoms with van der Waals surface area (Å²) in [7, 11) is 0. The van der Waals surface area contributed by atoms with Crippen molar-refractivity contribution < 1.29 is 9.53 Å². The number of carbonyl (C=O) groups is 1. The van der Waals surface area contributed by atoms with Crippen molar-refractivity contribution in [2.75, 3.05) is 13.2 Å². The van der Waals surface area contributed by atoms with Crippen LogP contribution in [-0.2, 0) is 9.53 Å². The molecule has 4 heteroatoms. The Balaban J connectivity index is 1.77. The molecule has 2 aliphatic heterocycles. The van der Waals surface area contributed by atoms with E-state index in [0.717, 1.165) is 26.1 Å². The normalized spacial score (nSPS) is 37.0. The zero-order chi connectivity index (χ0) is 14.1. The minimum absolute atomic E-state index is 0.0328. The summed E-state index contributed by atoms with van der Waals surface area (Å²) >= 11 is 0. The highest BCUT2D eigenvalue weighted by molar-refractivity contribution is 5.84. The number of hydrogen-bond acceptors (Lipinski definition) is 3. The summed E-state index contributed by atoms with van der Waals surface area (Å²) in [5, 5.41) is 3.62. The summed E-state index contributed by atoms with van der Waals surface area (Å²) in [6, 6.07) is 0.338. The van der Waals surface area contributed by atoms with Gasteiger partial charge in [-0.25, -0.2) is 0 Å². The monoisotopic (exact) mass is 280 g/mol. The molecule has 3 rings (SSSR count). The number of nitrogens with zero attached hydrogens (tertiary/aromatic N) is 1. The molecule has 4 nitrogen and oxygen atoms in total. The molecule has 0 aromatic rings. The van der Waals surface area contributed by atoms with Crippen molar-refractivity contribution in [3.63, 3.8) is 0 Å². The van der Waals surface area contributed by atoms with E-state index in [1.165, 1.54) is 25.7 Å². The minimum Gasteiger partial charge on any atom is -0.381 e. The van der Waals surface area contributed by atoms with E-state index >= 15 is 0 Å². The fraction of sp³-hybridized carbons (Fsp3) is 0.938. The van der Waals surface area contributed by atoms with Gasteiger partial charge in [-0.15, -0.1) is 0 Å². The maximum Gasteiger partial charge on any atom is 0.241 e. The second-order valence-corrected chi connectivity index (χ2v) is 6.73. The van der Waals surface area contributed by atoms with Crippen molar-refractivity contribution in [1.29, 1.82) is 0 Å². The molecule has 4 unspecified atom stereocenters. The molecule has 1 aliphatic carbocycles. The Bertz CT molecular complexity index is 348. The molecule has 4 atom stereocenters. The van der Waals surface area contributed by atoms with Crippen LogP contribution < -0.4 is 5.32 Å². The molecule has 0 bridgehead atoms. The molecule has 114 valence electrons. The standard InChI is InChI=1S/C16H28N2O2/c1-3-14-16(19)18(11(2)13-8-9-20-10-13)15(17-14)12-6-4-5-7-12/h11-15,17H,3-10H2,1-2H3. The third kappa shape index (κ3) is 2.48. The topological polar surface area (TPSA) is 41.6 Å². The molecule has 2 saturated heterocycles. The van der Waals surface area contributed by atoms with E-state index in [2.05, 4.69) is 24.1 Å². The van der Waals surface area contributed by atoms with Crippen molar-refractivity contribution in [2.24, 2.45) is 11.8 Å². The number of amides is 1. The van der Waals surface area contributed by atoms with Crippen LogP contribution >= 0.6 is 0 Å². The lowest BCUT2D eigenvalue weighted by atomic mass is 9.96. The molecule has 1 N–H and O–H groups in total. The lowest BCUT2D eigenvalue weighted by Gasteiger charge is -2.36. The average molecular weight is 280 g/mol. The maximum absolute atomic E-state index is 12.7. The van der Waals surface area contributed by atoms with Gasteiger partial charge in [-0.05, 0) is 38.5 Å². The Morgan fingerprint density at radius 3 is 2.70 bits per heavy atom. The van der Waals surface area contributed by atoms with E-state index in [-0.39, 0.29) is 12.2 Å². The molecule has 20 heavy (non-hydrogen) atoms. The van der Waals surface area contributed by atoms with E-state index in [9.17, 15) is 4.79 Å². The van der Waals surface area contributed by atoms with Gasteiger partial charge in [0.2, 0.25) is 5.91 Å². The van der Waals surface area contributed by atoms with Gasteiger partial charge in [0, 0.05) is 18.6 Å². The quantitative estimate of drug-likeness (QED) is 0.858. The van der Waals surface area contributed by atoms with Crippen LogP contribution in [0.1, 0.15) is 52.4 Å². The van der Waals surface area contributed by atoms with Crippen molar-refractivity contribution >= 4 is 5.91 Å². The van der Waals surface area contributed by atoms with Gasteiger partial charge in [0.15, 0.2) is 0 Å². The highest BCUT2D eigenvalue weighted by Gasteiger charge is 2.46. The zero-order valence-electron chi connectivity index (χ0n) is 12.8. The molecule has 0 aromatic heterocycles. The van der Waals surface area contributed by atoms with Gasteiger partial charge in [-0.3, -0.25) is 10.1 Å². The molecule has 1 saturated carbocycles. The van der Waals surface area contributed by atoms with Gasteiger partial charge in [0.25, 0.3) is 0 Å². The van der Waals surface area contributed by atoms with E-state index in [4.69, 9.17) is 4.74 Å². The van der Waals surface area contributed by atoms with Crippen LogP contribution in [-0.4, -0.2) is 42.3 Å². The van der Waals surface area contributed by atoms with E-state index in [1.807, 2.05) is 0 Å². The average Bonchev–Trinajstić information content (AvgIpc) is 3.19. The Morgan fingerprint density at radius 2 is 2.10 bits per heavy atom. The lowest BCUT2D eigenvalue weighted by Crippen LogP contribution is -2.49. The highest BCUT2D eigenvalue weighted by atomic mass is 16.5. The zero-order valence-corrected chi connectivity index (χ0v) is 12.8. The predicted molar refractivity (Wildman–Crippen MR) is 78.2 cm³/mol. The number of ether oxygens (including phenoxy) is 1. The van der Waals surface area contributed by atoms with Crippen molar-refractivity contribution in [2.45, 2.75) is 70.6 Å². The molecular weight excluding hydrogens is 252 g/mol. The first-order chi connectivity index (χ1) is 9.72. The van der Waals surface area contributed by atoms with Crippen LogP contribution in [0, 0.1) is 11.8 Å². The van der Waals surface area contributed by atoms with Gasteiger partial charge in [-0.1, -0.05) is 19.8 Å². The van der Waals surface area contributed by atoms with Crippen LogP contribution in [0.4, 0.5) is 0 Å². The van der Waals surface area contributed by atoms with Gasteiger partial charge >= 0.3 is 0 Å². The largest absolute Gasteiger partial charge is 0.381 e. The Kier molecular flexibility index (Phi) is 4.32. The first-order valence-electron chi connectivity index (χ1n) is 8.38. The van der Waals surface area contributed by atoms with Gasteiger partial charge in [-0.2, -0.15) is 0 Å². The van der Waals surface area contributed by atoms with Crippen molar-refractivity contribution in [3.05, 3.63) is 0 Å². The molecule has 1 amide bonds. The van der Waals surface area contributed by atoms with Gasteiger partial charge < -0.3 is 9.64 Å². The van der Waals surface area contributed by atoms with E-state index in [1.54, 1.807) is 0 Å². The van der Waals surface area contributed by atoms with Crippen LogP contribution in [0.3, 0.4) is 0 Å². The molecule has 2 heterocycles. The van der Waals surface area contributed by atoms with E-state index < -0.39 is 0 Å². The first-order valence-corrected chi connectivity index (χ1v) is 8.38. The summed E-state index contributed by atoms with van der Waals surface area (Å²) in [4.78, 5) is 14.9. The van der Waals surface area contributed by atoms with E-state index in [0.29, 0.717) is 23.8 Å². The molecule has 0 spiro atoms. The summed E-state index contributed by atoms with van der Waals surface area (Å²) in [6.07, 6.45) is 7.44. The third-order valence-electron chi connectivity index (χ3n) is 5.56. The number of nitrogens with one attached hydrogen (secondary N) is 1. The Morgan fingerprint density at radius 1 is 1.35 bits per heavy atom. The minimum atomic E-state index is 0.0328. The molecule has 0 aromatic carbocycles. The smallest absolute Gasteiger partial charge is 0.241 e. The highest BCUT2D eigenvalue weighted by Crippen LogP contribution is 2.35. The Labute approximate surface area is 122 Å². The molecule has 3 aliphatic rings. The molecule has 0 radical (unpaired) electrons. The summed E-state index contributed by atoms with van der Waals surface area (Å²) in [6.45, 7) is 6.00. The van der Waals surface area contributed by atoms with Crippen LogP contribution in [0.2, 0.25) is 0 Å². The van der Waals surface area contributed by atoms with Crippen LogP contribution in [0.25, 0.3) is 0 Å². The second-order valence-electron chi connectivity index (χ2n) is 6.73. The fourth-order valence-corrected chi connectivity index (χ4v) is 4.22. The fourth-order valence-electron chi connectivity index (χ4n) is 4.22. The number of carbonyl (C=O) groups excluding carboxylic acids is 1. The van der Waals surface area contributed by atoms with Crippen LogP contribution in [0.5, 0.6) is 0 Å². The van der Waals surface area contributed by atoms with Crippen LogP contribution in [0.15, 0.2) is 0 Å². The summed E-state index contributed by atoms with van der Waals surface area (Å²) in [5.41, 5.74) is 0. The third-order valence-corrected chi connectivity index (χ3v) is 5.56. The van der Waals surface area contributed by atoms with Gasteiger partial charge in [0.1, 0.15) is 0 Å². The molecule has 3 fully saturated rings. The maximum atomic E-state index is 12.7. The Hall–Kier alpha value is -0.610. The SMILES string of the molecule is CCC1NC(C2CCCC2)N(C(C)C2CCOC2)C1=O. The second kappa shape index (κ2) is 6.02. The van der Waals surface area contributed by atoms with Gasteiger partial charge in [0.05, 0.1) is 18.8 Å². The van der Waals surface area contributed by atoms with Crippen molar-refractivity contribution in [1.82, 2.24) is 10.2 Å². The number of rotatable bonds is 4. The first kappa shape index (κ1) is 14.3. The predicted octanol–water partition coefficient (Wildman–Crippen LogP) is 2.14. The lowest BCUT2D eigenvalue weighted by molar-refractivity contribution is -0.133. The van der Waals surface area contributed by atoms with Crippen molar-refractivity contribution in [3.8, 4) is 0 Å². The number of hydrogen-bond donors (Lipinski definition) is 1. The summed E-state index contributed by atoms with van der Waals surface area (Å²) in [5.74, 6) is 1.49. The molecular formula is C16H28N2O2.